The maximum Gasteiger partial charge on any atom is 0.294 e. The van der Waals surface area contributed by atoms with Crippen LogP contribution in [0.2, 0.25) is 0 Å². The van der Waals surface area contributed by atoms with Crippen LogP contribution >= 0.6 is 11.8 Å². The molecule has 0 aromatic heterocycles. The van der Waals surface area contributed by atoms with E-state index in [1.54, 1.807) is 42.5 Å². The highest BCUT2D eigenvalue weighted by Crippen LogP contribution is 2.32. The van der Waals surface area contributed by atoms with Crippen molar-refractivity contribution in [1.29, 1.82) is 0 Å². The van der Waals surface area contributed by atoms with Gasteiger partial charge >= 0.3 is 0 Å². The molecule has 3 aromatic rings. The normalized spacial score (nSPS) is 14.5. The zero-order chi connectivity index (χ0) is 24.1. The van der Waals surface area contributed by atoms with Crippen LogP contribution in [0.1, 0.15) is 11.1 Å². The maximum atomic E-state index is 13.0. The summed E-state index contributed by atoms with van der Waals surface area (Å²) >= 11 is 0.747. The van der Waals surface area contributed by atoms with Gasteiger partial charge in [-0.25, -0.2) is 8.78 Å². The van der Waals surface area contributed by atoms with Gasteiger partial charge in [-0.15, -0.1) is 0 Å². The standard InChI is InChI=1S/C25H18F2N2O4S/c26-18-5-1-17(2-6-18)15-33-21-11-3-16(4-12-21)13-22-24(31)29(25(32)34-22)14-23(30)28-20-9-7-19(27)8-10-20/h1-13H,14-15H2,(H,28,30)/b22-13-. The number of nitrogens with one attached hydrogen (secondary N) is 1. The molecule has 0 bridgehead atoms. The Morgan fingerprint density at radius 3 is 2.18 bits per heavy atom. The number of anilines is 1. The Morgan fingerprint density at radius 2 is 1.53 bits per heavy atom. The maximum absolute atomic E-state index is 13.0. The molecule has 6 nitrogen and oxygen atoms in total. The van der Waals surface area contributed by atoms with Gasteiger partial charge < -0.3 is 10.1 Å². The lowest BCUT2D eigenvalue weighted by Crippen LogP contribution is -2.36. The molecule has 0 saturated carbocycles. The second-order valence-electron chi connectivity index (χ2n) is 7.31. The van der Waals surface area contributed by atoms with E-state index in [0.29, 0.717) is 17.0 Å². The number of rotatable bonds is 7. The lowest BCUT2D eigenvalue weighted by atomic mass is 10.2. The molecule has 3 amide bonds. The summed E-state index contributed by atoms with van der Waals surface area (Å²) in [6.45, 7) is -0.173. The van der Waals surface area contributed by atoms with E-state index in [-0.39, 0.29) is 17.3 Å². The van der Waals surface area contributed by atoms with Gasteiger partial charge in [0.2, 0.25) is 5.91 Å². The van der Waals surface area contributed by atoms with Gasteiger partial charge in [0.15, 0.2) is 0 Å². The number of amides is 3. The predicted molar refractivity (Wildman–Crippen MR) is 125 cm³/mol. The van der Waals surface area contributed by atoms with Gasteiger partial charge in [0, 0.05) is 5.69 Å². The third-order valence-corrected chi connectivity index (χ3v) is 5.71. The molecule has 0 spiro atoms. The number of imide groups is 1. The van der Waals surface area contributed by atoms with Crippen LogP contribution in [0, 0.1) is 11.6 Å². The molecule has 1 N–H and O–H groups in total. The van der Waals surface area contributed by atoms with Gasteiger partial charge in [-0.1, -0.05) is 24.3 Å². The average molecular weight is 480 g/mol. The van der Waals surface area contributed by atoms with Crippen LogP contribution in [0.25, 0.3) is 6.08 Å². The number of thioether (sulfide) groups is 1. The zero-order valence-corrected chi connectivity index (χ0v) is 18.5. The van der Waals surface area contributed by atoms with E-state index in [2.05, 4.69) is 5.32 Å². The molecule has 0 radical (unpaired) electrons. The fraction of sp³-hybridized carbons (Fsp3) is 0.0800. The zero-order valence-electron chi connectivity index (χ0n) is 17.7. The highest BCUT2D eigenvalue weighted by molar-refractivity contribution is 8.18. The summed E-state index contributed by atoms with van der Waals surface area (Å²) in [5.41, 5.74) is 1.86. The fourth-order valence-electron chi connectivity index (χ4n) is 3.07. The van der Waals surface area contributed by atoms with E-state index in [4.69, 9.17) is 4.74 Å². The third kappa shape index (κ3) is 5.87. The lowest BCUT2D eigenvalue weighted by molar-refractivity contribution is -0.127. The Morgan fingerprint density at radius 1 is 0.912 bits per heavy atom. The molecule has 4 rings (SSSR count). The molecule has 0 aliphatic carbocycles. The van der Waals surface area contributed by atoms with Crippen molar-refractivity contribution in [3.8, 4) is 5.75 Å². The van der Waals surface area contributed by atoms with Crippen molar-refractivity contribution in [2.24, 2.45) is 0 Å². The van der Waals surface area contributed by atoms with E-state index in [9.17, 15) is 23.2 Å². The van der Waals surface area contributed by atoms with Crippen molar-refractivity contribution in [1.82, 2.24) is 4.90 Å². The molecule has 1 heterocycles. The van der Waals surface area contributed by atoms with Crippen LogP contribution in [-0.4, -0.2) is 28.5 Å². The van der Waals surface area contributed by atoms with E-state index >= 15 is 0 Å². The van der Waals surface area contributed by atoms with Crippen molar-refractivity contribution in [2.75, 3.05) is 11.9 Å². The Hall–Kier alpha value is -3.98. The molecule has 1 aliphatic rings. The molecule has 3 aromatic carbocycles. The Labute approximate surface area is 198 Å². The highest BCUT2D eigenvalue weighted by Gasteiger charge is 2.36. The first kappa shape index (κ1) is 23.2. The average Bonchev–Trinajstić information content (AvgIpc) is 3.08. The third-order valence-electron chi connectivity index (χ3n) is 4.80. The number of hydrogen-bond acceptors (Lipinski definition) is 5. The van der Waals surface area contributed by atoms with E-state index in [1.165, 1.54) is 36.4 Å². The minimum Gasteiger partial charge on any atom is -0.489 e. The SMILES string of the molecule is O=C(CN1C(=O)S/C(=C\c2ccc(OCc3ccc(F)cc3)cc2)C1=O)Nc1ccc(F)cc1. The minimum atomic E-state index is -0.571. The first-order chi connectivity index (χ1) is 16.4. The monoisotopic (exact) mass is 480 g/mol. The molecule has 9 heteroatoms. The van der Waals surface area contributed by atoms with Crippen LogP contribution in [0.15, 0.2) is 77.7 Å². The van der Waals surface area contributed by atoms with E-state index in [0.717, 1.165) is 22.2 Å². The van der Waals surface area contributed by atoms with E-state index in [1.807, 2.05) is 0 Å². The summed E-state index contributed by atoms with van der Waals surface area (Å²) in [5.74, 6) is -1.31. The smallest absolute Gasteiger partial charge is 0.294 e. The summed E-state index contributed by atoms with van der Waals surface area (Å²) in [5, 5.41) is 1.97. The molecule has 1 saturated heterocycles. The molecule has 0 atom stereocenters. The summed E-state index contributed by atoms with van der Waals surface area (Å²) in [6.07, 6.45) is 1.56. The lowest BCUT2D eigenvalue weighted by Gasteiger charge is -2.12. The first-order valence-corrected chi connectivity index (χ1v) is 11.0. The highest BCUT2D eigenvalue weighted by atomic mass is 32.2. The topological polar surface area (TPSA) is 75.7 Å². The van der Waals surface area contributed by atoms with E-state index < -0.39 is 29.4 Å². The van der Waals surface area contributed by atoms with Crippen LogP contribution in [0.3, 0.4) is 0 Å². The molecule has 1 fully saturated rings. The van der Waals surface area contributed by atoms with Crippen molar-refractivity contribution in [3.05, 3.63) is 100 Å². The Balaban J connectivity index is 1.35. The van der Waals surface area contributed by atoms with Crippen LogP contribution < -0.4 is 10.1 Å². The first-order valence-electron chi connectivity index (χ1n) is 10.2. The van der Waals surface area contributed by atoms with Crippen LogP contribution in [-0.2, 0) is 16.2 Å². The second-order valence-corrected chi connectivity index (χ2v) is 8.30. The van der Waals surface area contributed by atoms with Crippen molar-refractivity contribution >= 4 is 40.6 Å². The largest absolute Gasteiger partial charge is 0.489 e. The summed E-state index contributed by atoms with van der Waals surface area (Å²) < 4.78 is 31.6. The number of carbonyl (C=O) groups excluding carboxylic acids is 3. The molecular weight excluding hydrogens is 462 g/mol. The number of nitrogens with zero attached hydrogens (tertiary/aromatic N) is 1. The molecule has 34 heavy (non-hydrogen) atoms. The number of benzene rings is 3. The number of halogens is 2. The minimum absolute atomic E-state index is 0.194. The second kappa shape index (κ2) is 10.3. The van der Waals surface area contributed by atoms with Crippen molar-refractivity contribution in [3.63, 3.8) is 0 Å². The summed E-state index contributed by atoms with van der Waals surface area (Å²) in [6, 6.07) is 18.1. The Bertz CT molecular complexity index is 1240. The molecule has 1 aliphatic heterocycles. The molecule has 172 valence electrons. The van der Waals surface area contributed by atoms with Crippen molar-refractivity contribution in [2.45, 2.75) is 6.61 Å². The molecular formula is C25H18F2N2O4S. The molecule has 0 unspecified atom stereocenters. The van der Waals surface area contributed by atoms with Gasteiger partial charge in [-0.3, -0.25) is 19.3 Å². The summed E-state index contributed by atoms with van der Waals surface area (Å²) in [7, 11) is 0. The number of carbonyl (C=O) groups is 3. The van der Waals surface area contributed by atoms with Crippen LogP contribution in [0.5, 0.6) is 5.75 Å². The van der Waals surface area contributed by atoms with Crippen LogP contribution in [0.4, 0.5) is 19.3 Å². The number of ether oxygens (including phenoxy) is 1. The Kier molecular flexibility index (Phi) is 7.03. The van der Waals surface area contributed by atoms with Gasteiger partial charge in [0.25, 0.3) is 11.1 Å². The predicted octanol–water partition coefficient (Wildman–Crippen LogP) is 5.22. The summed E-state index contributed by atoms with van der Waals surface area (Å²) in [4.78, 5) is 38.2. The van der Waals surface area contributed by atoms with Gasteiger partial charge in [-0.05, 0) is 77.5 Å². The van der Waals surface area contributed by atoms with Gasteiger partial charge in [0.05, 0.1) is 4.91 Å². The quantitative estimate of drug-likeness (QED) is 0.470. The fourth-order valence-corrected chi connectivity index (χ4v) is 3.91. The van der Waals surface area contributed by atoms with Crippen molar-refractivity contribution < 1.29 is 27.9 Å². The van der Waals surface area contributed by atoms with Gasteiger partial charge in [0.1, 0.15) is 30.5 Å². The van der Waals surface area contributed by atoms with Gasteiger partial charge in [-0.2, -0.15) is 0 Å². The number of hydrogen-bond donors (Lipinski definition) is 1.